The van der Waals surface area contributed by atoms with Gasteiger partial charge in [-0.2, -0.15) is 0 Å². The predicted molar refractivity (Wildman–Crippen MR) is 72.6 cm³/mol. The predicted octanol–water partition coefficient (Wildman–Crippen LogP) is 1.41. The van der Waals surface area contributed by atoms with Crippen LogP contribution >= 0.6 is 0 Å². The van der Waals surface area contributed by atoms with Crippen molar-refractivity contribution in [2.75, 3.05) is 18.5 Å². The van der Waals surface area contributed by atoms with Crippen molar-refractivity contribution < 1.29 is 14.7 Å². The topological polar surface area (TPSA) is 69.6 Å². The highest BCUT2D eigenvalue weighted by Gasteiger charge is 2.30. The number of likely N-dealkylation sites (N-methyl/N-ethyl adjacent to an activating group) is 1. The quantitative estimate of drug-likeness (QED) is 0.864. The van der Waals surface area contributed by atoms with Crippen LogP contribution in [0.5, 0.6) is 0 Å². The largest absolute Gasteiger partial charge is 0.478 e. The molecule has 0 saturated carbocycles. The molecule has 1 aliphatic rings. The third-order valence-corrected chi connectivity index (χ3v) is 3.56. The van der Waals surface area contributed by atoms with Crippen LogP contribution in [0, 0.1) is 6.92 Å². The maximum Gasteiger partial charge on any atom is 0.335 e. The maximum absolute atomic E-state index is 11.8. The van der Waals surface area contributed by atoms with Crippen LogP contribution in [0.25, 0.3) is 0 Å². The summed E-state index contributed by atoms with van der Waals surface area (Å²) in [7, 11) is 1.64. The molecule has 2 rings (SSSR count). The monoisotopic (exact) mass is 262 g/mol. The minimum atomic E-state index is -0.932. The van der Waals surface area contributed by atoms with Crippen LogP contribution < -0.4 is 10.2 Å². The Kier molecular flexibility index (Phi) is 3.74. The van der Waals surface area contributed by atoms with Crippen LogP contribution in [0.15, 0.2) is 18.2 Å². The van der Waals surface area contributed by atoms with Crippen molar-refractivity contribution in [1.29, 1.82) is 0 Å². The van der Waals surface area contributed by atoms with Crippen LogP contribution in [0.4, 0.5) is 5.69 Å². The Hall–Kier alpha value is -2.04. The van der Waals surface area contributed by atoms with Crippen molar-refractivity contribution in [3.05, 3.63) is 29.3 Å². The van der Waals surface area contributed by atoms with Crippen molar-refractivity contribution in [3.63, 3.8) is 0 Å². The van der Waals surface area contributed by atoms with E-state index in [1.807, 2.05) is 6.92 Å². The number of aromatic carboxylic acids is 1. The molecule has 1 atom stereocenters. The highest BCUT2D eigenvalue weighted by Crippen LogP contribution is 2.29. The van der Waals surface area contributed by atoms with Gasteiger partial charge in [0.15, 0.2) is 0 Å². The Bertz CT molecular complexity index is 513. The Labute approximate surface area is 112 Å². The number of nitrogens with one attached hydrogen (secondary N) is 1. The normalized spacial score (nSPS) is 18.4. The van der Waals surface area contributed by atoms with E-state index < -0.39 is 5.97 Å². The van der Waals surface area contributed by atoms with Gasteiger partial charge < -0.3 is 15.3 Å². The van der Waals surface area contributed by atoms with Gasteiger partial charge in [-0.15, -0.1) is 0 Å². The van der Waals surface area contributed by atoms with E-state index in [-0.39, 0.29) is 17.5 Å². The molecule has 0 bridgehead atoms. The highest BCUT2D eigenvalue weighted by atomic mass is 16.4. The first kappa shape index (κ1) is 13.4. The van der Waals surface area contributed by atoms with Crippen LogP contribution in [0.1, 0.15) is 28.8 Å². The van der Waals surface area contributed by atoms with Crippen molar-refractivity contribution >= 4 is 17.6 Å². The first-order valence-electron chi connectivity index (χ1n) is 6.36. The lowest BCUT2D eigenvalue weighted by Gasteiger charge is -2.27. The first-order chi connectivity index (χ1) is 9.04. The number of carboxylic acid groups (broad SMARTS) is 1. The lowest BCUT2D eigenvalue weighted by molar-refractivity contribution is -0.121. The van der Waals surface area contributed by atoms with Gasteiger partial charge in [-0.05, 0) is 43.5 Å². The molecule has 1 amide bonds. The third-order valence-electron chi connectivity index (χ3n) is 3.56. The molecule has 1 aromatic rings. The number of amides is 1. The lowest BCUT2D eigenvalue weighted by Crippen LogP contribution is -2.42. The number of aryl methyl sites for hydroxylation is 1. The number of rotatable bonds is 3. The summed E-state index contributed by atoms with van der Waals surface area (Å²) >= 11 is 0. The fourth-order valence-corrected chi connectivity index (χ4v) is 2.60. The Balaban J connectivity index is 2.31. The molecule has 19 heavy (non-hydrogen) atoms. The number of benzene rings is 1. The van der Waals surface area contributed by atoms with E-state index in [0.29, 0.717) is 0 Å². The highest BCUT2D eigenvalue weighted by molar-refractivity contribution is 5.89. The van der Waals surface area contributed by atoms with E-state index in [1.54, 1.807) is 25.2 Å². The molecule has 5 heteroatoms. The van der Waals surface area contributed by atoms with Crippen LogP contribution in [-0.2, 0) is 4.79 Å². The van der Waals surface area contributed by atoms with E-state index in [1.165, 1.54) is 0 Å². The number of hydrogen-bond acceptors (Lipinski definition) is 3. The summed E-state index contributed by atoms with van der Waals surface area (Å²) in [6.45, 7) is 2.70. The molecule has 102 valence electrons. The summed E-state index contributed by atoms with van der Waals surface area (Å²) in [6.07, 6.45) is 1.80. The minimum absolute atomic E-state index is 0.0132. The number of anilines is 1. The fourth-order valence-electron chi connectivity index (χ4n) is 2.60. The van der Waals surface area contributed by atoms with Gasteiger partial charge in [0.1, 0.15) is 6.04 Å². The summed E-state index contributed by atoms with van der Waals surface area (Å²) < 4.78 is 0. The molecular weight excluding hydrogens is 244 g/mol. The SMILES string of the molecule is CNC(=O)C1CCCN1c1ccc(C(=O)O)cc1C. The standard InChI is InChI=1S/C14H18N2O3/c1-9-8-10(14(18)19)5-6-11(9)16-7-3-4-12(16)13(17)15-2/h5-6,8,12H,3-4,7H2,1-2H3,(H,15,17)(H,18,19). The van der Waals surface area contributed by atoms with E-state index in [0.717, 1.165) is 30.6 Å². The van der Waals surface area contributed by atoms with Crippen LogP contribution in [0.3, 0.4) is 0 Å². The molecular formula is C14H18N2O3. The van der Waals surface area contributed by atoms with Crippen molar-refractivity contribution in [2.45, 2.75) is 25.8 Å². The first-order valence-corrected chi connectivity index (χ1v) is 6.36. The Morgan fingerprint density at radius 3 is 2.74 bits per heavy atom. The Morgan fingerprint density at radius 1 is 1.42 bits per heavy atom. The second-order valence-electron chi connectivity index (χ2n) is 4.77. The van der Waals surface area contributed by atoms with E-state index >= 15 is 0 Å². The zero-order valence-corrected chi connectivity index (χ0v) is 11.1. The molecule has 1 fully saturated rings. The zero-order chi connectivity index (χ0) is 14.0. The molecule has 1 heterocycles. The van der Waals surface area contributed by atoms with Gasteiger partial charge in [0.05, 0.1) is 5.56 Å². The molecule has 0 radical (unpaired) electrons. The van der Waals surface area contributed by atoms with Gasteiger partial charge >= 0.3 is 5.97 Å². The molecule has 5 nitrogen and oxygen atoms in total. The van der Waals surface area contributed by atoms with E-state index in [2.05, 4.69) is 10.2 Å². The maximum atomic E-state index is 11.8. The van der Waals surface area contributed by atoms with Gasteiger partial charge in [0.2, 0.25) is 5.91 Å². The molecule has 1 unspecified atom stereocenters. The second kappa shape index (κ2) is 5.30. The number of carboxylic acids is 1. The fraction of sp³-hybridized carbons (Fsp3) is 0.429. The van der Waals surface area contributed by atoms with Crippen molar-refractivity contribution in [2.24, 2.45) is 0 Å². The third kappa shape index (κ3) is 2.54. The van der Waals surface area contributed by atoms with Gasteiger partial charge in [-0.1, -0.05) is 0 Å². The van der Waals surface area contributed by atoms with Gasteiger partial charge in [0, 0.05) is 19.3 Å². The van der Waals surface area contributed by atoms with Crippen LogP contribution in [-0.4, -0.2) is 36.6 Å². The van der Waals surface area contributed by atoms with E-state index in [9.17, 15) is 9.59 Å². The number of hydrogen-bond donors (Lipinski definition) is 2. The number of carbonyl (C=O) groups is 2. The smallest absolute Gasteiger partial charge is 0.335 e. The molecule has 2 N–H and O–H groups in total. The second-order valence-corrected chi connectivity index (χ2v) is 4.77. The summed E-state index contributed by atoms with van der Waals surface area (Å²) in [4.78, 5) is 24.8. The Morgan fingerprint density at radius 2 is 2.16 bits per heavy atom. The van der Waals surface area contributed by atoms with E-state index in [4.69, 9.17) is 5.11 Å². The number of carbonyl (C=O) groups excluding carboxylic acids is 1. The lowest BCUT2D eigenvalue weighted by atomic mass is 10.1. The molecule has 0 spiro atoms. The van der Waals surface area contributed by atoms with Crippen molar-refractivity contribution in [1.82, 2.24) is 5.32 Å². The summed E-state index contributed by atoms with van der Waals surface area (Å²) in [6, 6.07) is 4.88. The van der Waals surface area contributed by atoms with Crippen LogP contribution in [0.2, 0.25) is 0 Å². The molecule has 0 aliphatic carbocycles. The molecule has 0 aromatic heterocycles. The minimum Gasteiger partial charge on any atom is -0.478 e. The summed E-state index contributed by atoms with van der Waals surface area (Å²) in [5.74, 6) is -0.918. The van der Waals surface area contributed by atoms with Gasteiger partial charge in [-0.25, -0.2) is 4.79 Å². The van der Waals surface area contributed by atoms with Gasteiger partial charge in [0.25, 0.3) is 0 Å². The molecule has 1 saturated heterocycles. The summed E-state index contributed by atoms with van der Waals surface area (Å²) in [5, 5.41) is 11.6. The zero-order valence-electron chi connectivity index (χ0n) is 11.1. The molecule has 1 aromatic carbocycles. The van der Waals surface area contributed by atoms with Gasteiger partial charge in [-0.3, -0.25) is 4.79 Å². The molecule has 1 aliphatic heterocycles. The number of nitrogens with zero attached hydrogens (tertiary/aromatic N) is 1. The summed E-state index contributed by atoms with van der Waals surface area (Å²) in [5.41, 5.74) is 2.10. The average Bonchev–Trinajstić information content (AvgIpc) is 2.86. The average molecular weight is 262 g/mol. The van der Waals surface area contributed by atoms with Crippen molar-refractivity contribution in [3.8, 4) is 0 Å².